The van der Waals surface area contributed by atoms with E-state index in [4.69, 9.17) is 0 Å². The van der Waals surface area contributed by atoms with Crippen molar-refractivity contribution in [1.29, 1.82) is 0 Å². The average molecular weight is 495 g/mol. The molecule has 0 saturated heterocycles. The Bertz CT molecular complexity index is 1410. The van der Waals surface area contributed by atoms with Crippen molar-refractivity contribution in [3.05, 3.63) is 84.1 Å². The van der Waals surface area contributed by atoms with Crippen LogP contribution in [0.15, 0.2) is 67.0 Å². The molecule has 1 atom stereocenters. The Morgan fingerprint density at radius 2 is 1.78 bits per heavy atom. The second kappa shape index (κ2) is 9.18. The molecule has 0 aliphatic carbocycles. The summed E-state index contributed by atoms with van der Waals surface area (Å²) in [6.07, 6.45) is -1.21. The highest BCUT2D eigenvalue weighted by Gasteiger charge is 2.40. The Morgan fingerprint density at radius 1 is 1.03 bits per heavy atom. The lowest BCUT2D eigenvalue weighted by Crippen LogP contribution is -2.42. The van der Waals surface area contributed by atoms with E-state index in [2.05, 4.69) is 15.3 Å². The molecule has 1 aliphatic heterocycles. The van der Waals surface area contributed by atoms with Crippen LogP contribution in [0.2, 0.25) is 0 Å². The summed E-state index contributed by atoms with van der Waals surface area (Å²) in [4.78, 5) is 18.1. The van der Waals surface area contributed by atoms with E-state index < -0.39 is 30.5 Å². The van der Waals surface area contributed by atoms with Crippen LogP contribution in [0.5, 0.6) is 0 Å². The molecular formula is C26H21F4N5O. The Labute approximate surface area is 204 Å². The maximum absolute atomic E-state index is 14.5. The predicted octanol–water partition coefficient (Wildman–Crippen LogP) is 5.54. The van der Waals surface area contributed by atoms with E-state index >= 15 is 0 Å². The minimum atomic E-state index is -4.66. The van der Waals surface area contributed by atoms with Gasteiger partial charge in [0.1, 0.15) is 24.1 Å². The summed E-state index contributed by atoms with van der Waals surface area (Å²) < 4.78 is 55.8. The summed E-state index contributed by atoms with van der Waals surface area (Å²) in [6, 6.07) is 14.2. The molecule has 0 saturated carbocycles. The number of fused-ring (bicyclic) bond motifs is 1. The Hall–Kier alpha value is -4.08. The molecule has 2 aromatic heterocycles. The number of halogens is 4. The fourth-order valence-electron chi connectivity index (χ4n) is 4.46. The van der Waals surface area contributed by atoms with Crippen LogP contribution in [0, 0.1) is 12.7 Å². The summed E-state index contributed by atoms with van der Waals surface area (Å²) in [5.41, 5.74) is 4.11. The van der Waals surface area contributed by atoms with Gasteiger partial charge in [0, 0.05) is 23.0 Å². The number of anilines is 1. The van der Waals surface area contributed by atoms with Crippen molar-refractivity contribution in [2.24, 2.45) is 0 Å². The van der Waals surface area contributed by atoms with Gasteiger partial charge in [-0.15, -0.1) is 5.10 Å². The first-order valence-electron chi connectivity index (χ1n) is 11.3. The summed E-state index contributed by atoms with van der Waals surface area (Å²) in [5, 5.41) is 8.20. The molecule has 4 aromatic rings. The summed E-state index contributed by atoms with van der Waals surface area (Å²) >= 11 is 0. The van der Waals surface area contributed by atoms with E-state index in [1.54, 1.807) is 6.20 Å². The van der Waals surface area contributed by atoms with Gasteiger partial charge in [-0.05, 0) is 55.2 Å². The van der Waals surface area contributed by atoms with Crippen molar-refractivity contribution in [2.75, 3.05) is 11.4 Å². The van der Waals surface area contributed by atoms with Crippen molar-refractivity contribution in [2.45, 2.75) is 32.0 Å². The quantitative estimate of drug-likeness (QED) is 0.349. The van der Waals surface area contributed by atoms with Crippen LogP contribution in [0.25, 0.3) is 22.4 Å². The van der Waals surface area contributed by atoms with Crippen LogP contribution in [0.1, 0.15) is 23.7 Å². The molecule has 184 valence electrons. The van der Waals surface area contributed by atoms with Crippen LogP contribution in [-0.4, -0.2) is 38.6 Å². The van der Waals surface area contributed by atoms with Gasteiger partial charge in [0.15, 0.2) is 0 Å². The molecule has 0 N–H and O–H groups in total. The molecule has 1 aliphatic rings. The summed E-state index contributed by atoms with van der Waals surface area (Å²) in [7, 11) is 0. The number of pyridine rings is 1. The van der Waals surface area contributed by atoms with Crippen molar-refractivity contribution in [3.8, 4) is 22.4 Å². The van der Waals surface area contributed by atoms with Crippen LogP contribution >= 0.6 is 0 Å². The van der Waals surface area contributed by atoms with Gasteiger partial charge in [0.2, 0.25) is 0 Å². The van der Waals surface area contributed by atoms with Gasteiger partial charge in [-0.2, -0.15) is 13.2 Å². The van der Waals surface area contributed by atoms with Gasteiger partial charge in [0.25, 0.3) is 5.91 Å². The van der Waals surface area contributed by atoms with Crippen LogP contribution in [0.3, 0.4) is 0 Å². The van der Waals surface area contributed by atoms with E-state index in [0.29, 0.717) is 10.6 Å². The minimum absolute atomic E-state index is 0.0675. The Morgan fingerprint density at radius 3 is 2.50 bits per heavy atom. The van der Waals surface area contributed by atoms with Gasteiger partial charge in [-0.25, -0.2) is 9.07 Å². The zero-order chi connectivity index (χ0) is 25.4. The molecule has 0 fully saturated rings. The SMILES string of the molecule is Cc1cc(-c2ccc(-c3cn([C@H]4CCc5c(F)cccc5N(CC(F)(F)F)C4=O)nn3)cc2)ccn1. The van der Waals surface area contributed by atoms with E-state index in [1.165, 1.54) is 29.1 Å². The van der Waals surface area contributed by atoms with Gasteiger partial charge >= 0.3 is 6.18 Å². The van der Waals surface area contributed by atoms with E-state index in [0.717, 1.165) is 22.4 Å². The van der Waals surface area contributed by atoms with Crippen molar-refractivity contribution in [1.82, 2.24) is 20.0 Å². The van der Waals surface area contributed by atoms with Gasteiger partial charge in [-0.3, -0.25) is 9.78 Å². The molecule has 1 amide bonds. The molecule has 6 nitrogen and oxygen atoms in total. The van der Waals surface area contributed by atoms with E-state index in [1.807, 2.05) is 43.3 Å². The van der Waals surface area contributed by atoms with E-state index in [9.17, 15) is 22.4 Å². The number of carbonyl (C=O) groups is 1. The van der Waals surface area contributed by atoms with Crippen molar-refractivity contribution < 1.29 is 22.4 Å². The fourth-order valence-corrected chi connectivity index (χ4v) is 4.46. The highest BCUT2D eigenvalue weighted by atomic mass is 19.4. The minimum Gasteiger partial charge on any atom is -0.301 e. The number of rotatable bonds is 4. The maximum atomic E-state index is 14.5. The zero-order valence-electron chi connectivity index (χ0n) is 19.2. The zero-order valence-corrected chi connectivity index (χ0v) is 19.2. The molecule has 36 heavy (non-hydrogen) atoms. The van der Waals surface area contributed by atoms with Crippen LogP contribution < -0.4 is 4.90 Å². The second-order valence-electron chi connectivity index (χ2n) is 8.68. The number of hydrogen-bond acceptors (Lipinski definition) is 4. The number of carbonyl (C=O) groups excluding carboxylic acids is 1. The first-order valence-corrected chi connectivity index (χ1v) is 11.3. The number of alkyl halides is 3. The number of hydrogen-bond donors (Lipinski definition) is 0. The summed E-state index contributed by atoms with van der Waals surface area (Å²) in [5.74, 6) is -1.45. The first-order chi connectivity index (χ1) is 17.2. The molecule has 2 aromatic carbocycles. The fraction of sp³-hybridized carbons (Fsp3) is 0.231. The first kappa shape index (κ1) is 23.7. The third kappa shape index (κ3) is 4.71. The van der Waals surface area contributed by atoms with Gasteiger partial charge < -0.3 is 4.90 Å². The standard InChI is InChI=1S/C26H21F4N5O/c1-16-13-19(11-12-31-16)17-5-7-18(8-6-17)22-14-35(33-32-22)24-10-9-20-21(27)3-2-4-23(20)34(25(24)36)15-26(28,29)30/h2-8,11-14,24H,9-10,15H2,1H3/t24-/m0/s1. The Kier molecular flexibility index (Phi) is 6.03. The number of aryl methyl sites for hydroxylation is 1. The number of amides is 1. The monoisotopic (exact) mass is 495 g/mol. The normalized spacial score (nSPS) is 16.1. The highest BCUT2D eigenvalue weighted by molar-refractivity contribution is 5.97. The number of aromatic nitrogens is 4. The largest absolute Gasteiger partial charge is 0.406 e. The number of benzene rings is 2. The van der Waals surface area contributed by atoms with Gasteiger partial charge in [0.05, 0.1) is 11.9 Å². The molecule has 0 radical (unpaired) electrons. The lowest BCUT2D eigenvalue weighted by molar-refractivity contribution is -0.134. The third-order valence-corrected chi connectivity index (χ3v) is 6.18. The maximum Gasteiger partial charge on any atom is 0.406 e. The topological polar surface area (TPSA) is 63.9 Å². The molecule has 10 heteroatoms. The lowest BCUT2D eigenvalue weighted by atomic mass is 10.0. The second-order valence-corrected chi connectivity index (χ2v) is 8.68. The average Bonchev–Trinajstić information content (AvgIpc) is 3.28. The van der Waals surface area contributed by atoms with Crippen LogP contribution in [0.4, 0.5) is 23.2 Å². The lowest BCUT2D eigenvalue weighted by Gasteiger charge is -2.26. The Balaban J connectivity index is 1.44. The molecule has 0 bridgehead atoms. The predicted molar refractivity (Wildman–Crippen MR) is 126 cm³/mol. The third-order valence-electron chi connectivity index (χ3n) is 6.18. The van der Waals surface area contributed by atoms with Crippen molar-refractivity contribution in [3.63, 3.8) is 0 Å². The summed E-state index contributed by atoms with van der Waals surface area (Å²) in [6.45, 7) is 0.393. The van der Waals surface area contributed by atoms with Crippen molar-refractivity contribution >= 4 is 11.6 Å². The smallest absolute Gasteiger partial charge is 0.301 e. The van der Waals surface area contributed by atoms with Gasteiger partial charge in [-0.1, -0.05) is 35.5 Å². The molecule has 0 unspecified atom stereocenters. The molecule has 3 heterocycles. The molecule has 0 spiro atoms. The molecular weight excluding hydrogens is 474 g/mol. The van der Waals surface area contributed by atoms with E-state index in [-0.39, 0.29) is 24.1 Å². The number of nitrogens with zero attached hydrogens (tertiary/aromatic N) is 5. The highest BCUT2D eigenvalue weighted by Crippen LogP contribution is 2.35. The molecule has 5 rings (SSSR count). The van der Waals surface area contributed by atoms with Crippen LogP contribution in [-0.2, 0) is 11.2 Å².